The predicted molar refractivity (Wildman–Crippen MR) is 125 cm³/mol. The molecule has 2 N–H and O–H groups in total. The molecule has 0 bridgehead atoms. The fourth-order valence-corrected chi connectivity index (χ4v) is 3.53. The number of amidine groups is 1. The molecule has 5 nitrogen and oxygen atoms in total. The van der Waals surface area contributed by atoms with Crippen molar-refractivity contribution in [3.63, 3.8) is 0 Å². The number of fused-ring (bicyclic) bond motifs is 2. The lowest BCUT2D eigenvalue weighted by molar-refractivity contribution is 0.946. The van der Waals surface area contributed by atoms with Crippen molar-refractivity contribution in [1.82, 2.24) is 15.3 Å². The van der Waals surface area contributed by atoms with Crippen molar-refractivity contribution in [2.45, 2.75) is 20.3 Å². The number of aromatic nitrogens is 2. The third-order valence-corrected chi connectivity index (χ3v) is 5.24. The molecule has 0 fully saturated rings. The summed E-state index contributed by atoms with van der Waals surface area (Å²) in [6.45, 7) is 9.20. The van der Waals surface area contributed by atoms with Crippen molar-refractivity contribution in [1.29, 1.82) is 0 Å². The average Bonchev–Trinajstić information content (AvgIpc) is 2.88. The zero-order chi connectivity index (χ0) is 20.9. The SMILES string of the molecule is C=C1/C(=C\NC(C)=NCCc2ccccc2C)c2ccncc2Nc2ncccc21. The molecule has 4 rings (SSSR count). The lowest BCUT2D eigenvalue weighted by Crippen LogP contribution is -2.15. The van der Waals surface area contributed by atoms with Crippen LogP contribution in [-0.2, 0) is 6.42 Å². The molecule has 0 aliphatic carbocycles. The Morgan fingerprint density at radius 2 is 2.00 bits per heavy atom. The number of nitrogens with zero attached hydrogens (tertiary/aromatic N) is 3. The number of hydrogen-bond donors (Lipinski definition) is 2. The zero-order valence-electron chi connectivity index (χ0n) is 17.3. The Morgan fingerprint density at radius 3 is 2.87 bits per heavy atom. The van der Waals surface area contributed by atoms with E-state index in [-0.39, 0.29) is 0 Å². The highest BCUT2D eigenvalue weighted by atomic mass is 15.0. The number of allylic oxidation sites excluding steroid dienone is 2. The number of pyridine rings is 2. The second kappa shape index (κ2) is 8.74. The molecule has 0 unspecified atom stereocenters. The molecule has 1 aliphatic rings. The Labute approximate surface area is 177 Å². The molecule has 0 radical (unpaired) electrons. The van der Waals surface area contributed by atoms with E-state index in [1.807, 2.05) is 37.5 Å². The van der Waals surface area contributed by atoms with Gasteiger partial charge in [0, 0.05) is 41.8 Å². The van der Waals surface area contributed by atoms with E-state index in [9.17, 15) is 0 Å². The molecule has 3 aromatic rings. The fourth-order valence-electron chi connectivity index (χ4n) is 3.53. The molecule has 0 saturated heterocycles. The smallest absolute Gasteiger partial charge is 0.138 e. The number of benzene rings is 1. The molecule has 0 amide bonds. The van der Waals surface area contributed by atoms with Crippen LogP contribution in [0.2, 0.25) is 0 Å². The standard InChI is InChI=1S/C25H25N5/c1-17-7-4-5-8-20(17)10-14-27-19(3)29-15-23-18(2)21-9-6-12-28-25(21)30-24-16-26-13-11-22(23)24/h4-9,11-13,15-16H,2,10,14H2,1,3H3,(H,27,29)(H,28,30)/b23-15+. The summed E-state index contributed by atoms with van der Waals surface area (Å²) in [5.41, 5.74) is 7.42. The summed E-state index contributed by atoms with van der Waals surface area (Å²) in [5.74, 6) is 1.65. The van der Waals surface area contributed by atoms with E-state index in [4.69, 9.17) is 0 Å². The van der Waals surface area contributed by atoms with Crippen LogP contribution in [0.1, 0.15) is 29.2 Å². The minimum absolute atomic E-state index is 0.739. The average molecular weight is 396 g/mol. The van der Waals surface area contributed by atoms with Gasteiger partial charge in [-0.05, 0) is 55.2 Å². The van der Waals surface area contributed by atoms with Crippen molar-refractivity contribution in [2.75, 3.05) is 11.9 Å². The van der Waals surface area contributed by atoms with E-state index >= 15 is 0 Å². The highest BCUT2D eigenvalue weighted by molar-refractivity contribution is 6.10. The molecule has 2 aromatic heterocycles. The van der Waals surface area contributed by atoms with E-state index < -0.39 is 0 Å². The van der Waals surface area contributed by atoms with Crippen molar-refractivity contribution in [2.24, 2.45) is 4.99 Å². The van der Waals surface area contributed by atoms with Gasteiger partial charge in [0.2, 0.25) is 0 Å². The van der Waals surface area contributed by atoms with Gasteiger partial charge in [-0.2, -0.15) is 0 Å². The first-order chi connectivity index (χ1) is 14.6. The molecule has 3 heterocycles. The normalized spacial score (nSPS) is 14.5. The fraction of sp³-hybridized carbons (Fsp3) is 0.160. The summed E-state index contributed by atoms with van der Waals surface area (Å²) in [6, 6.07) is 14.4. The lowest BCUT2D eigenvalue weighted by atomic mass is 9.96. The van der Waals surface area contributed by atoms with Gasteiger partial charge in [-0.1, -0.05) is 30.8 Å². The third kappa shape index (κ3) is 4.15. The van der Waals surface area contributed by atoms with Crippen LogP contribution < -0.4 is 10.6 Å². The summed E-state index contributed by atoms with van der Waals surface area (Å²) >= 11 is 0. The number of hydrogen-bond acceptors (Lipinski definition) is 4. The van der Waals surface area contributed by atoms with Crippen LogP contribution in [0.25, 0.3) is 11.1 Å². The van der Waals surface area contributed by atoms with E-state index in [2.05, 4.69) is 63.4 Å². The van der Waals surface area contributed by atoms with Gasteiger partial charge in [-0.15, -0.1) is 0 Å². The Morgan fingerprint density at radius 1 is 1.13 bits per heavy atom. The van der Waals surface area contributed by atoms with E-state index in [0.717, 1.165) is 52.6 Å². The number of nitrogens with one attached hydrogen (secondary N) is 2. The lowest BCUT2D eigenvalue weighted by Gasteiger charge is -2.11. The van der Waals surface area contributed by atoms with Gasteiger partial charge < -0.3 is 10.6 Å². The maximum Gasteiger partial charge on any atom is 0.138 e. The zero-order valence-corrected chi connectivity index (χ0v) is 17.3. The van der Waals surface area contributed by atoms with Crippen molar-refractivity contribution >= 4 is 28.5 Å². The van der Waals surface area contributed by atoms with E-state index in [0.29, 0.717) is 0 Å². The Bertz CT molecular complexity index is 1140. The molecule has 0 spiro atoms. The summed E-state index contributed by atoms with van der Waals surface area (Å²) in [6.07, 6.45) is 8.26. The van der Waals surface area contributed by atoms with Crippen molar-refractivity contribution < 1.29 is 0 Å². The second-order valence-electron chi connectivity index (χ2n) is 7.27. The molecule has 1 aliphatic heterocycles. The Hall–Kier alpha value is -3.73. The van der Waals surface area contributed by atoms with Crippen LogP contribution in [0.3, 0.4) is 0 Å². The first-order valence-corrected chi connectivity index (χ1v) is 10.0. The minimum atomic E-state index is 0.739. The number of aryl methyl sites for hydroxylation is 1. The van der Waals surface area contributed by atoms with Crippen LogP contribution in [0.5, 0.6) is 0 Å². The minimum Gasteiger partial charge on any atom is -0.350 e. The molecule has 5 heteroatoms. The quantitative estimate of drug-likeness (QED) is 0.474. The topological polar surface area (TPSA) is 62.2 Å². The highest BCUT2D eigenvalue weighted by Gasteiger charge is 2.20. The highest BCUT2D eigenvalue weighted by Crippen LogP contribution is 2.40. The van der Waals surface area contributed by atoms with Gasteiger partial charge in [0.1, 0.15) is 5.82 Å². The molecule has 150 valence electrons. The van der Waals surface area contributed by atoms with Gasteiger partial charge in [-0.25, -0.2) is 4.98 Å². The molecular formula is C25H25N5. The number of anilines is 2. The van der Waals surface area contributed by atoms with Gasteiger partial charge in [0.05, 0.1) is 17.7 Å². The number of rotatable bonds is 4. The van der Waals surface area contributed by atoms with E-state index in [1.165, 1.54) is 11.1 Å². The Kier molecular flexibility index (Phi) is 5.70. The summed E-state index contributed by atoms with van der Waals surface area (Å²) in [5, 5.41) is 6.72. The molecular weight excluding hydrogens is 370 g/mol. The summed E-state index contributed by atoms with van der Waals surface area (Å²) in [7, 11) is 0. The molecule has 0 saturated carbocycles. The van der Waals surface area contributed by atoms with Crippen LogP contribution in [0, 0.1) is 6.92 Å². The third-order valence-electron chi connectivity index (χ3n) is 5.24. The monoisotopic (exact) mass is 395 g/mol. The molecule has 0 atom stereocenters. The summed E-state index contributed by atoms with van der Waals surface area (Å²) < 4.78 is 0. The first kappa shape index (κ1) is 19.6. The van der Waals surface area contributed by atoms with Gasteiger partial charge in [0.15, 0.2) is 0 Å². The van der Waals surface area contributed by atoms with Crippen LogP contribution in [-0.4, -0.2) is 22.3 Å². The van der Waals surface area contributed by atoms with Crippen LogP contribution >= 0.6 is 0 Å². The van der Waals surface area contributed by atoms with Crippen molar-refractivity contribution in [3.05, 3.63) is 96.1 Å². The van der Waals surface area contributed by atoms with Crippen LogP contribution in [0.4, 0.5) is 11.5 Å². The Balaban J connectivity index is 1.56. The maximum absolute atomic E-state index is 4.68. The largest absolute Gasteiger partial charge is 0.350 e. The van der Waals surface area contributed by atoms with Gasteiger partial charge in [0.25, 0.3) is 0 Å². The van der Waals surface area contributed by atoms with Crippen LogP contribution in [0.15, 0.2) is 78.8 Å². The van der Waals surface area contributed by atoms with Crippen molar-refractivity contribution in [3.8, 4) is 0 Å². The second-order valence-corrected chi connectivity index (χ2v) is 7.27. The molecule has 1 aromatic carbocycles. The van der Waals surface area contributed by atoms with Gasteiger partial charge >= 0.3 is 0 Å². The molecule has 30 heavy (non-hydrogen) atoms. The summed E-state index contributed by atoms with van der Waals surface area (Å²) in [4.78, 5) is 13.4. The maximum atomic E-state index is 4.68. The van der Waals surface area contributed by atoms with E-state index in [1.54, 1.807) is 12.4 Å². The van der Waals surface area contributed by atoms with Gasteiger partial charge in [-0.3, -0.25) is 9.98 Å². The predicted octanol–water partition coefficient (Wildman–Crippen LogP) is 5.15. The first-order valence-electron chi connectivity index (χ1n) is 10.0. The number of aliphatic imine (C=N–C) groups is 1.